The van der Waals surface area contributed by atoms with E-state index in [1.165, 1.54) is 25.8 Å². The van der Waals surface area contributed by atoms with Crippen LogP contribution in [0.2, 0.25) is 0 Å². The molecule has 2 heterocycles. The van der Waals surface area contributed by atoms with Crippen molar-refractivity contribution in [1.29, 1.82) is 0 Å². The minimum Gasteiger partial charge on any atom is -0.326 e. The van der Waals surface area contributed by atoms with Gasteiger partial charge in [0.25, 0.3) is 0 Å². The van der Waals surface area contributed by atoms with Crippen LogP contribution in [0.4, 0.5) is 0 Å². The molecule has 1 amide bonds. The van der Waals surface area contributed by atoms with Crippen LogP contribution < -0.4 is 5.32 Å². The van der Waals surface area contributed by atoms with Gasteiger partial charge in [-0.2, -0.15) is 0 Å². The highest BCUT2D eigenvalue weighted by atomic mass is 16.2. The lowest BCUT2D eigenvalue weighted by Crippen LogP contribution is -2.41. The first-order valence-electron chi connectivity index (χ1n) is 8.85. The van der Waals surface area contributed by atoms with Crippen LogP contribution in [0.25, 0.3) is 0 Å². The average molecular weight is 295 g/mol. The minimum absolute atomic E-state index is 0.0268. The monoisotopic (exact) mass is 295 g/mol. The van der Waals surface area contributed by atoms with Crippen LogP contribution in [0.5, 0.6) is 0 Å². The fourth-order valence-corrected chi connectivity index (χ4v) is 3.67. The van der Waals surface area contributed by atoms with Gasteiger partial charge in [0.2, 0.25) is 5.91 Å². The smallest absolute Gasteiger partial charge is 0.241 e. The van der Waals surface area contributed by atoms with Crippen molar-refractivity contribution < 1.29 is 4.79 Å². The highest BCUT2D eigenvalue weighted by molar-refractivity contribution is 5.84. The second kappa shape index (κ2) is 7.59. The van der Waals surface area contributed by atoms with Crippen molar-refractivity contribution >= 4 is 5.91 Å². The molecule has 1 N–H and O–H groups in total. The van der Waals surface area contributed by atoms with Gasteiger partial charge in [-0.05, 0) is 45.6 Å². The molecule has 2 fully saturated rings. The summed E-state index contributed by atoms with van der Waals surface area (Å²) in [5.41, 5.74) is 0. The molecule has 0 spiro atoms. The number of nitrogens with one attached hydrogen (secondary N) is 1. The SMILES string of the molecule is CCC(C)C1NC(C)N(CCCN2CCCCC2C)C1=O. The van der Waals surface area contributed by atoms with Crippen LogP contribution in [-0.2, 0) is 4.79 Å². The van der Waals surface area contributed by atoms with Crippen molar-refractivity contribution in [2.75, 3.05) is 19.6 Å². The van der Waals surface area contributed by atoms with Gasteiger partial charge in [-0.25, -0.2) is 0 Å². The van der Waals surface area contributed by atoms with Crippen molar-refractivity contribution in [2.24, 2.45) is 5.92 Å². The number of likely N-dealkylation sites (tertiary alicyclic amines) is 1. The van der Waals surface area contributed by atoms with Gasteiger partial charge in [0.05, 0.1) is 12.2 Å². The Balaban J connectivity index is 1.78. The quantitative estimate of drug-likeness (QED) is 0.817. The molecule has 0 aromatic heterocycles. The maximum atomic E-state index is 12.5. The van der Waals surface area contributed by atoms with Crippen molar-refractivity contribution in [3.63, 3.8) is 0 Å². The predicted octanol–water partition coefficient (Wildman–Crippen LogP) is 2.44. The van der Waals surface area contributed by atoms with Crippen LogP contribution in [0, 0.1) is 5.92 Å². The highest BCUT2D eigenvalue weighted by Gasteiger charge is 2.38. The first-order chi connectivity index (χ1) is 10.0. The fourth-order valence-electron chi connectivity index (χ4n) is 3.67. The van der Waals surface area contributed by atoms with Crippen molar-refractivity contribution in [3.8, 4) is 0 Å². The van der Waals surface area contributed by atoms with Gasteiger partial charge in [0, 0.05) is 19.1 Å². The summed E-state index contributed by atoms with van der Waals surface area (Å²) < 4.78 is 0. The maximum absolute atomic E-state index is 12.5. The summed E-state index contributed by atoms with van der Waals surface area (Å²) in [6.07, 6.45) is 6.37. The Morgan fingerprint density at radius 1 is 1.29 bits per heavy atom. The van der Waals surface area contributed by atoms with E-state index < -0.39 is 0 Å². The van der Waals surface area contributed by atoms with E-state index in [0.717, 1.165) is 32.0 Å². The van der Waals surface area contributed by atoms with Gasteiger partial charge in [-0.3, -0.25) is 10.1 Å². The summed E-state index contributed by atoms with van der Waals surface area (Å²) in [5.74, 6) is 0.732. The van der Waals surface area contributed by atoms with E-state index in [2.05, 4.69) is 37.9 Å². The Hall–Kier alpha value is -0.610. The molecule has 4 heteroatoms. The summed E-state index contributed by atoms with van der Waals surface area (Å²) in [7, 11) is 0. The van der Waals surface area contributed by atoms with E-state index in [4.69, 9.17) is 0 Å². The van der Waals surface area contributed by atoms with Crippen LogP contribution in [0.1, 0.15) is 59.8 Å². The molecule has 4 atom stereocenters. The van der Waals surface area contributed by atoms with Crippen LogP contribution >= 0.6 is 0 Å². The summed E-state index contributed by atoms with van der Waals surface area (Å²) in [4.78, 5) is 17.2. The van der Waals surface area contributed by atoms with E-state index >= 15 is 0 Å². The van der Waals surface area contributed by atoms with Crippen molar-refractivity contribution in [1.82, 2.24) is 15.1 Å². The standard InChI is InChI=1S/C17H33N3O/c1-5-13(2)16-17(21)20(15(4)18-16)12-8-11-19-10-7-6-9-14(19)3/h13-16,18H,5-12H2,1-4H3. The molecule has 4 nitrogen and oxygen atoms in total. The second-order valence-electron chi connectivity index (χ2n) is 6.97. The highest BCUT2D eigenvalue weighted by Crippen LogP contribution is 2.20. The zero-order valence-electron chi connectivity index (χ0n) is 14.3. The van der Waals surface area contributed by atoms with Gasteiger partial charge < -0.3 is 9.80 Å². The average Bonchev–Trinajstić information content (AvgIpc) is 2.76. The Kier molecular flexibility index (Phi) is 6.06. The molecule has 2 rings (SSSR count). The first kappa shape index (κ1) is 16.8. The maximum Gasteiger partial charge on any atom is 0.241 e. The lowest BCUT2D eigenvalue weighted by Gasteiger charge is -2.34. The number of piperidine rings is 1. The topological polar surface area (TPSA) is 35.6 Å². The fraction of sp³-hybridized carbons (Fsp3) is 0.941. The van der Waals surface area contributed by atoms with Gasteiger partial charge in [-0.1, -0.05) is 26.7 Å². The van der Waals surface area contributed by atoms with E-state index in [1.54, 1.807) is 0 Å². The molecule has 122 valence electrons. The van der Waals surface area contributed by atoms with E-state index in [0.29, 0.717) is 11.8 Å². The zero-order valence-corrected chi connectivity index (χ0v) is 14.3. The van der Waals surface area contributed by atoms with E-state index in [9.17, 15) is 4.79 Å². The first-order valence-corrected chi connectivity index (χ1v) is 8.85. The Bertz CT molecular complexity index is 347. The summed E-state index contributed by atoms with van der Waals surface area (Å²) in [5, 5.41) is 3.46. The van der Waals surface area contributed by atoms with Gasteiger partial charge in [-0.15, -0.1) is 0 Å². The predicted molar refractivity (Wildman–Crippen MR) is 87.1 cm³/mol. The van der Waals surface area contributed by atoms with Gasteiger partial charge >= 0.3 is 0 Å². The molecule has 0 aromatic carbocycles. The molecule has 0 bridgehead atoms. The number of amides is 1. The summed E-state index contributed by atoms with van der Waals surface area (Å²) >= 11 is 0. The third kappa shape index (κ3) is 3.98. The molecular formula is C17H33N3O. The molecule has 0 aromatic rings. The molecule has 2 aliphatic rings. The number of carbonyl (C=O) groups excluding carboxylic acids is 1. The Morgan fingerprint density at radius 3 is 2.71 bits per heavy atom. The van der Waals surface area contributed by atoms with E-state index in [-0.39, 0.29) is 12.2 Å². The number of hydrogen-bond acceptors (Lipinski definition) is 3. The van der Waals surface area contributed by atoms with Crippen LogP contribution in [0.15, 0.2) is 0 Å². The van der Waals surface area contributed by atoms with Gasteiger partial charge in [0.15, 0.2) is 0 Å². The lowest BCUT2D eigenvalue weighted by molar-refractivity contribution is -0.130. The largest absolute Gasteiger partial charge is 0.326 e. The molecule has 0 aliphatic carbocycles. The number of rotatable bonds is 6. The normalized spacial score (nSPS) is 32.7. The van der Waals surface area contributed by atoms with Gasteiger partial charge in [0.1, 0.15) is 0 Å². The Labute approximate surface area is 130 Å². The third-order valence-electron chi connectivity index (χ3n) is 5.44. The molecule has 2 aliphatic heterocycles. The molecule has 0 radical (unpaired) electrons. The summed E-state index contributed by atoms with van der Waals surface area (Å²) in [6.45, 7) is 12.0. The van der Waals surface area contributed by atoms with Crippen molar-refractivity contribution in [2.45, 2.75) is 78.0 Å². The molecular weight excluding hydrogens is 262 g/mol. The zero-order chi connectivity index (χ0) is 15.4. The Morgan fingerprint density at radius 2 is 2.05 bits per heavy atom. The molecule has 21 heavy (non-hydrogen) atoms. The second-order valence-corrected chi connectivity index (χ2v) is 6.97. The van der Waals surface area contributed by atoms with Crippen LogP contribution in [-0.4, -0.2) is 53.6 Å². The number of carbonyl (C=O) groups is 1. The lowest BCUT2D eigenvalue weighted by atomic mass is 9.99. The number of nitrogens with zero attached hydrogens (tertiary/aromatic N) is 2. The summed E-state index contributed by atoms with van der Waals surface area (Å²) in [6, 6.07) is 0.746. The van der Waals surface area contributed by atoms with Crippen molar-refractivity contribution in [3.05, 3.63) is 0 Å². The molecule has 4 unspecified atom stereocenters. The molecule has 2 saturated heterocycles. The minimum atomic E-state index is 0.0268. The molecule has 0 saturated carbocycles. The number of hydrogen-bond donors (Lipinski definition) is 1. The third-order valence-corrected chi connectivity index (χ3v) is 5.44. The van der Waals surface area contributed by atoms with Crippen LogP contribution in [0.3, 0.4) is 0 Å². The van der Waals surface area contributed by atoms with E-state index in [1.807, 2.05) is 4.90 Å².